The quantitative estimate of drug-likeness (QED) is 0.791. The highest BCUT2D eigenvalue weighted by Gasteiger charge is 2.14. The van der Waals surface area contributed by atoms with Crippen LogP contribution in [0.1, 0.15) is 17.2 Å². The third kappa shape index (κ3) is 2.29. The highest BCUT2D eigenvalue weighted by molar-refractivity contribution is 6.16. The lowest BCUT2D eigenvalue weighted by Gasteiger charge is -2.05. The summed E-state index contributed by atoms with van der Waals surface area (Å²) in [5.74, 6) is 0.0902. The Balaban J connectivity index is 2.35. The molecule has 2 rings (SSSR count). The van der Waals surface area contributed by atoms with E-state index in [0.717, 1.165) is 0 Å². The summed E-state index contributed by atoms with van der Waals surface area (Å²) in [5, 5.41) is 7.69. The van der Waals surface area contributed by atoms with E-state index >= 15 is 0 Å². The van der Waals surface area contributed by atoms with Gasteiger partial charge in [0, 0.05) is 19.0 Å². The van der Waals surface area contributed by atoms with Crippen LogP contribution in [0.3, 0.4) is 0 Å². The van der Waals surface area contributed by atoms with Gasteiger partial charge in [0.05, 0.1) is 5.88 Å². The molecule has 0 amide bonds. The molecule has 3 nitrogen and oxygen atoms in total. The summed E-state index contributed by atoms with van der Waals surface area (Å²) in [7, 11) is 1.71. The summed E-state index contributed by atoms with van der Waals surface area (Å²) in [5.41, 5.74) is -0.0101. The molecule has 0 spiro atoms. The number of nitrogens with zero attached hydrogens (tertiary/aromatic N) is 3. The zero-order chi connectivity index (χ0) is 12.4. The zero-order valence-electron chi connectivity index (χ0n) is 9.12. The second kappa shape index (κ2) is 4.79. The first kappa shape index (κ1) is 12.0. The van der Waals surface area contributed by atoms with Crippen molar-refractivity contribution in [2.45, 2.75) is 12.3 Å². The molecule has 0 fully saturated rings. The molecule has 0 aliphatic heterocycles. The molecule has 0 N–H and O–H groups in total. The fraction of sp³-hybridized carbons (Fsp3) is 0.273. The van der Waals surface area contributed by atoms with E-state index in [1.165, 1.54) is 18.2 Å². The zero-order valence-corrected chi connectivity index (χ0v) is 9.88. The Bertz CT molecular complexity index is 519. The topological polar surface area (TPSA) is 30.7 Å². The smallest absolute Gasteiger partial charge is 0.147 e. The van der Waals surface area contributed by atoms with Crippen LogP contribution >= 0.6 is 11.6 Å². The van der Waals surface area contributed by atoms with Gasteiger partial charge in [0.15, 0.2) is 0 Å². The van der Waals surface area contributed by atoms with Gasteiger partial charge in [-0.1, -0.05) is 6.07 Å². The fourth-order valence-electron chi connectivity index (χ4n) is 1.53. The van der Waals surface area contributed by atoms with Crippen LogP contribution < -0.4 is 0 Å². The number of halogens is 3. The van der Waals surface area contributed by atoms with Gasteiger partial charge < -0.3 is 4.57 Å². The molecule has 0 bridgehead atoms. The van der Waals surface area contributed by atoms with Crippen LogP contribution in [0.15, 0.2) is 18.2 Å². The Morgan fingerprint density at radius 3 is 2.29 bits per heavy atom. The van der Waals surface area contributed by atoms with Gasteiger partial charge in [0.25, 0.3) is 0 Å². The van der Waals surface area contributed by atoms with Crippen molar-refractivity contribution >= 4 is 11.6 Å². The average Bonchev–Trinajstić information content (AvgIpc) is 2.65. The lowest BCUT2D eigenvalue weighted by molar-refractivity contribution is 0.557. The minimum absolute atomic E-state index is 0.0101. The number of alkyl halides is 1. The lowest BCUT2D eigenvalue weighted by atomic mass is 10.1. The van der Waals surface area contributed by atoms with Crippen molar-refractivity contribution in [2.75, 3.05) is 0 Å². The molecule has 90 valence electrons. The Hall–Kier alpha value is -1.49. The van der Waals surface area contributed by atoms with Crippen molar-refractivity contribution < 1.29 is 8.78 Å². The van der Waals surface area contributed by atoms with Gasteiger partial charge in [-0.3, -0.25) is 0 Å². The van der Waals surface area contributed by atoms with Crippen molar-refractivity contribution in [1.82, 2.24) is 14.8 Å². The molecule has 2 aromatic rings. The maximum absolute atomic E-state index is 13.4. The first-order chi connectivity index (χ1) is 8.13. The van der Waals surface area contributed by atoms with Crippen LogP contribution in [0.25, 0.3) is 0 Å². The molecular formula is C11H10ClF2N3. The molecule has 0 unspecified atom stereocenters. The van der Waals surface area contributed by atoms with Crippen LogP contribution in [0, 0.1) is 11.6 Å². The normalized spacial score (nSPS) is 10.8. The van der Waals surface area contributed by atoms with E-state index in [4.69, 9.17) is 11.6 Å². The summed E-state index contributed by atoms with van der Waals surface area (Å²) in [6, 6.07) is 3.77. The molecule has 0 saturated heterocycles. The first-order valence-corrected chi connectivity index (χ1v) is 5.53. The van der Waals surface area contributed by atoms with E-state index in [2.05, 4.69) is 10.2 Å². The number of aromatic nitrogens is 3. The van der Waals surface area contributed by atoms with Crippen LogP contribution in [0.5, 0.6) is 0 Å². The average molecular weight is 258 g/mol. The van der Waals surface area contributed by atoms with Crippen molar-refractivity contribution in [3.8, 4) is 0 Å². The van der Waals surface area contributed by atoms with Gasteiger partial charge in [0.2, 0.25) is 0 Å². The van der Waals surface area contributed by atoms with Crippen LogP contribution in [-0.2, 0) is 19.3 Å². The van der Waals surface area contributed by atoms with Gasteiger partial charge in [0.1, 0.15) is 23.3 Å². The van der Waals surface area contributed by atoms with Gasteiger partial charge in [-0.05, 0) is 12.1 Å². The maximum atomic E-state index is 13.4. The predicted molar refractivity (Wildman–Crippen MR) is 59.7 cm³/mol. The van der Waals surface area contributed by atoms with Crippen molar-refractivity contribution in [3.05, 3.63) is 47.0 Å². The van der Waals surface area contributed by atoms with Crippen molar-refractivity contribution in [2.24, 2.45) is 7.05 Å². The largest absolute Gasteiger partial charge is 0.317 e. The molecule has 0 aliphatic carbocycles. The molecule has 0 saturated carbocycles. The number of hydrogen-bond acceptors (Lipinski definition) is 2. The Labute approximate surface area is 102 Å². The molecule has 17 heavy (non-hydrogen) atoms. The Morgan fingerprint density at radius 2 is 1.76 bits per heavy atom. The van der Waals surface area contributed by atoms with Gasteiger partial charge in [-0.15, -0.1) is 21.8 Å². The molecule has 6 heteroatoms. The molecular weight excluding hydrogens is 248 g/mol. The number of rotatable bonds is 3. The highest BCUT2D eigenvalue weighted by Crippen LogP contribution is 2.16. The number of hydrogen-bond donors (Lipinski definition) is 0. The predicted octanol–water partition coefficient (Wildman–Crippen LogP) is 2.42. The van der Waals surface area contributed by atoms with Crippen molar-refractivity contribution in [1.29, 1.82) is 0 Å². The van der Waals surface area contributed by atoms with Gasteiger partial charge in [-0.2, -0.15) is 0 Å². The van der Waals surface area contributed by atoms with Crippen LogP contribution in [0.4, 0.5) is 8.78 Å². The molecule has 0 atom stereocenters. The minimum atomic E-state index is -0.583. The van der Waals surface area contributed by atoms with E-state index in [1.807, 2.05) is 0 Å². The summed E-state index contributed by atoms with van der Waals surface area (Å²) in [6.45, 7) is 0. The fourth-order valence-corrected chi connectivity index (χ4v) is 1.76. The van der Waals surface area contributed by atoms with Gasteiger partial charge in [-0.25, -0.2) is 8.78 Å². The molecule has 1 aromatic carbocycles. The highest BCUT2D eigenvalue weighted by atomic mass is 35.5. The van der Waals surface area contributed by atoms with E-state index in [9.17, 15) is 8.78 Å². The summed E-state index contributed by atoms with van der Waals surface area (Å²) in [4.78, 5) is 0. The summed E-state index contributed by atoms with van der Waals surface area (Å²) < 4.78 is 28.5. The molecule has 1 heterocycles. The molecule has 0 aliphatic rings. The standard InChI is InChI=1S/C11H10ClF2N3/c1-17-10(15-16-11(17)6-12)5-7-8(13)3-2-4-9(7)14/h2-4H,5-6H2,1H3. The second-order valence-electron chi connectivity index (χ2n) is 3.60. The minimum Gasteiger partial charge on any atom is -0.317 e. The van der Waals surface area contributed by atoms with Crippen LogP contribution in [0.2, 0.25) is 0 Å². The van der Waals surface area contributed by atoms with Crippen LogP contribution in [-0.4, -0.2) is 14.8 Å². The van der Waals surface area contributed by atoms with Gasteiger partial charge >= 0.3 is 0 Å². The Kier molecular flexibility index (Phi) is 3.38. The van der Waals surface area contributed by atoms with Crippen molar-refractivity contribution in [3.63, 3.8) is 0 Å². The Morgan fingerprint density at radius 1 is 1.18 bits per heavy atom. The van der Waals surface area contributed by atoms with E-state index in [0.29, 0.717) is 11.6 Å². The molecule has 0 radical (unpaired) electrons. The summed E-state index contributed by atoms with van der Waals surface area (Å²) >= 11 is 5.64. The third-order valence-corrected chi connectivity index (χ3v) is 2.81. The lowest BCUT2D eigenvalue weighted by Crippen LogP contribution is -2.05. The first-order valence-electron chi connectivity index (χ1n) is 4.99. The molecule has 1 aromatic heterocycles. The van der Waals surface area contributed by atoms with E-state index < -0.39 is 11.6 Å². The monoisotopic (exact) mass is 257 g/mol. The SMILES string of the molecule is Cn1c(CCl)nnc1Cc1c(F)cccc1F. The number of benzene rings is 1. The van der Waals surface area contributed by atoms with E-state index in [1.54, 1.807) is 11.6 Å². The second-order valence-corrected chi connectivity index (χ2v) is 3.87. The van der Waals surface area contributed by atoms with E-state index in [-0.39, 0.29) is 17.9 Å². The third-order valence-electron chi connectivity index (χ3n) is 2.57. The maximum Gasteiger partial charge on any atom is 0.147 e. The summed E-state index contributed by atoms with van der Waals surface area (Å²) in [6.07, 6.45) is 0.0545.